The third-order valence-corrected chi connectivity index (χ3v) is 3.06. The molecule has 0 aliphatic heterocycles. The molecule has 1 heterocycles. The molecule has 0 aliphatic rings. The number of hydrogen-bond donors (Lipinski definition) is 1. The molecular formula is C15H15N5O. The number of nitrogens with zero attached hydrogens (tertiary/aromatic N) is 4. The van der Waals surface area contributed by atoms with E-state index in [4.69, 9.17) is 10.5 Å². The van der Waals surface area contributed by atoms with E-state index >= 15 is 0 Å². The van der Waals surface area contributed by atoms with Crippen molar-refractivity contribution in [3.05, 3.63) is 66.0 Å². The van der Waals surface area contributed by atoms with Crippen LogP contribution < -0.4 is 10.5 Å². The Kier molecular flexibility index (Phi) is 3.88. The molecule has 3 rings (SSSR count). The van der Waals surface area contributed by atoms with Gasteiger partial charge in [0, 0.05) is 6.54 Å². The van der Waals surface area contributed by atoms with Crippen molar-refractivity contribution in [2.75, 3.05) is 0 Å². The van der Waals surface area contributed by atoms with Crippen molar-refractivity contribution >= 4 is 0 Å². The zero-order valence-corrected chi connectivity index (χ0v) is 11.4. The Balaban J connectivity index is 1.72. The summed E-state index contributed by atoms with van der Waals surface area (Å²) in [6.45, 7) is 0.816. The minimum absolute atomic E-state index is 0.296. The van der Waals surface area contributed by atoms with E-state index in [-0.39, 0.29) is 0 Å². The summed E-state index contributed by atoms with van der Waals surface area (Å²) in [6, 6.07) is 17.4. The molecule has 0 unspecified atom stereocenters. The first-order valence-electron chi connectivity index (χ1n) is 6.61. The molecule has 0 saturated carbocycles. The minimum atomic E-state index is 0.296. The zero-order chi connectivity index (χ0) is 14.5. The molecule has 0 saturated heterocycles. The van der Waals surface area contributed by atoms with E-state index in [9.17, 15) is 0 Å². The molecule has 0 spiro atoms. The molecule has 0 atom stereocenters. The number of para-hydroxylation sites is 1. The SMILES string of the molecule is NCc1ccc(OCc2nnnn2-c2ccccc2)cc1. The Morgan fingerprint density at radius 3 is 2.48 bits per heavy atom. The molecule has 2 N–H and O–H groups in total. The molecule has 2 aromatic carbocycles. The fourth-order valence-electron chi connectivity index (χ4n) is 1.94. The van der Waals surface area contributed by atoms with Crippen LogP contribution in [0.4, 0.5) is 0 Å². The first-order chi connectivity index (χ1) is 10.4. The normalized spacial score (nSPS) is 10.5. The van der Waals surface area contributed by atoms with Crippen LogP contribution in [0.25, 0.3) is 5.69 Å². The van der Waals surface area contributed by atoms with E-state index in [1.54, 1.807) is 4.68 Å². The van der Waals surface area contributed by atoms with E-state index in [0.29, 0.717) is 19.0 Å². The van der Waals surface area contributed by atoms with Gasteiger partial charge in [-0.1, -0.05) is 30.3 Å². The first kappa shape index (κ1) is 13.3. The predicted octanol–water partition coefficient (Wildman–Crippen LogP) is 1.70. The van der Waals surface area contributed by atoms with Crippen LogP contribution in [0, 0.1) is 0 Å². The van der Waals surface area contributed by atoms with Gasteiger partial charge >= 0.3 is 0 Å². The highest BCUT2D eigenvalue weighted by atomic mass is 16.5. The van der Waals surface area contributed by atoms with Gasteiger partial charge in [0.1, 0.15) is 12.4 Å². The minimum Gasteiger partial charge on any atom is -0.486 e. The van der Waals surface area contributed by atoms with Crippen LogP contribution in [0.3, 0.4) is 0 Å². The Bertz CT molecular complexity index is 694. The zero-order valence-electron chi connectivity index (χ0n) is 11.4. The molecule has 0 fully saturated rings. The summed E-state index contributed by atoms with van der Waals surface area (Å²) in [5.41, 5.74) is 7.53. The summed E-state index contributed by atoms with van der Waals surface area (Å²) in [7, 11) is 0. The average Bonchev–Trinajstić information content (AvgIpc) is 3.03. The van der Waals surface area contributed by atoms with Crippen LogP contribution >= 0.6 is 0 Å². The largest absolute Gasteiger partial charge is 0.486 e. The van der Waals surface area contributed by atoms with Crippen LogP contribution in [0.5, 0.6) is 5.75 Å². The summed E-state index contributed by atoms with van der Waals surface area (Å²) in [6.07, 6.45) is 0. The standard InChI is InChI=1S/C15H15N5O/c16-10-12-6-8-14(9-7-12)21-11-15-17-18-19-20(15)13-4-2-1-3-5-13/h1-9H,10-11,16H2. The molecule has 0 aliphatic carbocycles. The maximum Gasteiger partial charge on any atom is 0.194 e. The molecule has 0 radical (unpaired) electrons. The molecular weight excluding hydrogens is 266 g/mol. The lowest BCUT2D eigenvalue weighted by Crippen LogP contribution is -2.06. The monoisotopic (exact) mass is 281 g/mol. The number of benzene rings is 2. The second kappa shape index (κ2) is 6.15. The second-order valence-electron chi connectivity index (χ2n) is 4.48. The smallest absolute Gasteiger partial charge is 0.194 e. The van der Waals surface area contributed by atoms with Gasteiger partial charge in [0.05, 0.1) is 5.69 Å². The molecule has 6 heteroatoms. The van der Waals surface area contributed by atoms with Crippen molar-refractivity contribution in [3.63, 3.8) is 0 Å². The van der Waals surface area contributed by atoms with Gasteiger partial charge in [-0.25, -0.2) is 0 Å². The van der Waals surface area contributed by atoms with E-state index in [1.807, 2.05) is 54.6 Å². The van der Waals surface area contributed by atoms with Gasteiger partial charge < -0.3 is 10.5 Å². The number of nitrogens with two attached hydrogens (primary N) is 1. The molecule has 0 amide bonds. The molecule has 6 nitrogen and oxygen atoms in total. The van der Waals surface area contributed by atoms with Crippen molar-refractivity contribution in [2.45, 2.75) is 13.2 Å². The van der Waals surface area contributed by atoms with E-state index in [1.165, 1.54) is 0 Å². The van der Waals surface area contributed by atoms with Crippen molar-refractivity contribution in [1.82, 2.24) is 20.2 Å². The Morgan fingerprint density at radius 1 is 1.00 bits per heavy atom. The highest BCUT2D eigenvalue weighted by Crippen LogP contribution is 2.14. The molecule has 21 heavy (non-hydrogen) atoms. The number of ether oxygens (including phenoxy) is 1. The fourth-order valence-corrected chi connectivity index (χ4v) is 1.94. The van der Waals surface area contributed by atoms with E-state index in [0.717, 1.165) is 17.0 Å². The van der Waals surface area contributed by atoms with E-state index < -0.39 is 0 Å². The Labute approximate surface area is 122 Å². The lowest BCUT2D eigenvalue weighted by Gasteiger charge is -2.07. The lowest BCUT2D eigenvalue weighted by atomic mass is 10.2. The van der Waals surface area contributed by atoms with Gasteiger partial charge in [0.25, 0.3) is 0 Å². The van der Waals surface area contributed by atoms with Crippen molar-refractivity contribution in [2.24, 2.45) is 5.73 Å². The highest BCUT2D eigenvalue weighted by Gasteiger charge is 2.08. The topological polar surface area (TPSA) is 78.8 Å². The van der Waals surface area contributed by atoms with Crippen molar-refractivity contribution in [3.8, 4) is 11.4 Å². The molecule has 1 aromatic heterocycles. The predicted molar refractivity (Wildman–Crippen MR) is 77.8 cm³/mol. The van der Waals surface area contributed by atoms with Gasteiger partial charge in [-0.15, -0.1) is 5.10 Å². The van der Waals surface area contributed by atoms with E-state index in [2.05, 4.69) is 15.5 Å². The maximum atomic E-state index is 5.71. The number of aromatic nitrogens is 4. The summed E-state index contributed by atoms with van der Waals surface area (Å²) < 4.78 is 7.37. The van der Waals surface area contributed by atoms with Crippen LogP contribution in [-0.4, -0.2) is 20.2 Å². The van der Waals surface area contributed by atoms with Crippen LogP contribution in [0.2, 0.25) is 0 Å². The first-order valence-corrected chi connectivity index (χ1v) is 6.61. The Hall–Kier alpha value is -2.73. The number of tetrazole rings is 1. The second-order valence-corrected chi connectivity index (χ2v) is 4.48. The summed E-state index contributed by atoms with van der Waals surface area (Å²) in [4.78, 5) is 0. The number of hydrogen-bond acceptors (Lipinski definition) is 5. The van der Waals surface area contributed by atoms with Crippen molar-refractivity contribution in [1.29, 1.82) is 0 Å². The van der Waals surface area contributed by atoms with Gasteiger partial charge in [-0.2, -0.15) is 4.68 Å². The third-order valence-electron chi connectivity index (χ3n) is 3.06. The summed E-state index contributed by atoms with van der Waals surface area (Å²) >= 11 is 0. The van der Waals surface area contributed by atoms with Gasteiger partial charge in [0.2, 0.25) is 0 Å². The maximum absolute atomic E-state index is 5.71. The van der Waals surface area contributed by atoms with Crippen molar-refractivity contribution < 1.29 is 4.74 Å². The van der Waals surface area contributed by atoms with Gasteiger partial charge in [-0.05, 0) is 40.3 Å². The quantitative estimate of drug-likeness (QED) is 0.770. The molecule has 106 valence electrons. The fraction of sp³-hybridized carbons (Fsp3) is 0.133. The van der Waals surface area contributed by atoms with Crippen LogP contribution in [0.15, 0.2) is 54.6 Å². The third kappa shape index (κ3) is 3.06. The summed E-state index contributed by atoms with van der Waals surface area (Å²) in [5, 5.41) is 11.7. The Morgan fingerprint density at radius 2 is 1.76 bits per heavy atom. The van der Waals surface area contributed by atoms with Gasteiger partial charge in [-0.3, -0.25) is 0 Å². The number of rotatable bonds is 5. The average molecular weight is 281 g/mol. The molecule has 0 bridgehead atoms. The van der Waals surface area contributed by atoms with Crippen LogP contribution in [0.1, 0.15) is 11.4 Å². The van der Waals surface area contributed by atoms with Gasteiger partial charge in [0.15, 0.2) is 5.82 Å². The molecule has 3 aromatic rings. The highest BCUT2D eigenvalue weighted by molar-refractivity contribution is 5.31. The summed E-state index contributed by atoms with van der Waals surface area (Å²) in [5.74, 6) is 1.40. The lowest BCUT2D eigenvalue weighted by molar-refractivity contribution is 0.292. The van der Waals surface area contributed by atoms with Crippen LogP contribution in [-0.2, 0) is 13.2 Å².